The summed E-state index contributed by atoms with van der Waals surface area (Å²) in [4.78, 5) is 46.2. The smallest absolute Gasteiger partial charge is 0.334 e. The van der Waals surface area contributed by atoms with Crippen LogP contribution in [0.2, 0.25) is 0 Å². The van der Waals surface area contributed by atoms with Crippen molar-refractivity contribution >= 4 is 22.6 Å². The van der Waals surface area contributed by atoms with Gasteiger partial charge >= 0.3 is 5.69 Å². The number of nitrogens with one attached hydrogen (secondary N) is 1. The first-order chi connectivity index (χ1) is 16.0. The Balaban J connectivity index is 1.64. The van der Waals surface area contributed by atoms with Crippen LogP contribution in [0.3, 0.4) is 0 Å². The maximum Gasteiger partial charge on any atom is 0.334 e. The van der Waals surface area contributed by atoms with E-state index in [-0.39, 0.29) is 47.2 Å². The molecule has 1 N–H and O–H groups in total. The van der Waals surface area contributed by atoms with E-state index in [9.17, 15) is 14.4 Å². The Kier molecular flexibility index (Phi) is 4.89. The predicted molar refractivity (Wildman–Crippen MR) is 118 cm³/mol. The van der Waals surface area contributed by atoms with Crippen molar-refractivity contribution in [1.29, 1.82) is 0 Å². The van der Waals surface area contributed by atoms with Gasteiger partial charge < -0.3 is 14.4 Å². The lowest BCUT2D eigenvalue weighted by molar-refractivity contribution is -0.121. The summed E-state index contributed by atoms with van der Waals surface area (Å²) < 4.78 is 26.3. The van der Waals surface area contributed by atoms with E-state index in [1.807, 2.05) is 0 Å². The molecule has 166 valence electrons. The SMILES string of the molecule is COc1ccc(CN2C(=O)COc3cc(F)c(-n4c(=O)[nH]c5ncccc5c4=O)cc32)cc1. The molecule has 5 rings (SSSR count). The number of carbonyl (C=O) groups excluding carboxylic acids is 1. The van der Waals surface area contributed by atoms with Crippen LogP contribution in [0.25, 0.3) is 16.7 Å². The van der Waals surface area contributed by atoms with Crippen molar-refractivity contribution in [3.63, 3.8) is 0 Å². The van der Waals surface area contributed by atoms with E-state index in [0.717, 1.165) is 11.6 Å². The van der Waals surface area contributed by atoms with Gasteiger partial charge in [-0.05, 0) is 35.9 Å². The molecule has 0 unspecified atom stereocenters. The number of amides is 1. The Bertz CT molecular complexity index is 1510. The summed E-state index contributed by atoms with van der Waals surface area (Å²) in [7, 11) is 1.55. The van der Waals surface area contributed by atoms with Crippen molar-refractivity contribution in [2.24, 2.45) is 0 Å². The summed E-state index contributed by atoms with van der Waals surface area (Å²) in [6.45, 7) is -0.0821. The van der Waals surface area contributed by atoms with Gasteiger partial charge in [0.15, 0.2) is 12.4 Å². The van der Waals surface area contributed by atoms with E-state index in [2.05, 4.69) is 9.97 Å². The molecule has 4 aromatic rings. The third kappa shape index (κ3) is 3.51. The number of ether oxygens (including phenoxy) is 2. The summed E-state index contributed by atoms with van der Waals surface area (Å²) in [5.41, 5.74) is -0.739. The molecule has 9 nitrogen and oxygen atoms in total. The Morgan fingerprint density at radius 1 is 1.12 bits per heavy atom. The zero-order valence-electron chi connectivity index (χ0n) is 17.4. The molecule has 0 saturated carbocycles. The van der Waals surface area contributed by atoms with Crippen molar-refractivity contribution in [2.75, 3.05) is 18.6 Å². The molecule has 10 heteroatoms. The topological polar surface area (TPSA) is 107 Å². The van der Waals surface area contributed by atoms with Crippen LogP contribution in [0.4, 0.5) is 10.1 Å². The first-order valence-electron chi connectivity index (χ1n) is 9.96. The summed E-state index contributed by atoms with van der Waals surface area (Å²) in [5, 5.41) is 0.122. The van der Waals surface area contributed by atoms with E-state index in [1.54, 1.807) is 37.4 Å². The van der Waals surface area contributed by atoms with Crippen LogP contribution in [0.5, 0.6) is 11.5 Å². The molecule has 2 aromatic heterocycles. The van der Waals surface area contributed by atoms with E-state index in [1.165, 1.54) is 23.2 Å². The summed E-state index contributed by atoms with van der Waals surface area (Å²) >= 11 is 0. The molecule has 0 radical (unpaired) electrons. The van der Waals surface area contributed by atoms with Gasteiger partial charge in [-0.1, -0.05) is 12.1 Å². The Morgan fingerprint density at radius 2 is 1.91 bits per heavy atom. The number of methoxy groups -OCH3 is 1. The van der Waals surface area contributed by atoms with Crippen LogP contribution < -0.4 is 25.6 Å². The number of hydrogen-bond donors (Lipinski definition) is 1. The number of pyridine rings is 1. The average molecular weight is 448 g/mol. The molecular weight excluding hydrogens is 431 g/mol. The molecule has 2 aromatic carbocycles. The minimum atomic E-state index is -0.852. The third-order valence-electron chi connectivity index (χ3n) is 5.38. The molecule has 1 aliphatic rings. The van der Waals surface area contributed by atoms with Gasteiger partial charge in [-0.2, -0.15) is 0 Å². The zero-order valence-corrected chi connectivity index (χ0v) is 17.4. The van der Waals surface area contributed by atoms with Crippen LogP contribution >= 0.6 is 0 Å². The van der Waals surface area contributed by atoms with Crippen LogP contribution in [-0.4, -0.2) is 34.2 Å². The van der Waals surface area contributed by atoms with E-state index in [4.69, 9.17) is 9.47 Å². The lowest BCUT2D eigenvalue weighted by Gasteiger charge is -2.30. The number of carbonyl (C=O) groups is 1. The van der Waals surface area contributed by atoms with Gasteiger partial charge in [0.2, 0.25) is 0 Å². The highest BCUT2D eigenvalue weighted by Gasteiger charge is 2.28. The fraction of sp³-hybridized carbons (Fsp3) is 0.130. The van der Waals surface area contributed by atoms with Gasteiger partial charge in [0.05, 0.1) is 30.4 Å². The van der Waals surface area contributed by atoms with Gasteiger partial charge in [-0.25, -0.2) is 18.7 Å². The number of aromatic amines is 1. The molecule has 0 atom stereocenters. The zero-order chi connectivity index (χ0) is 23.1. The largest absolute Gasteiger partial charge is 0.497 e. The molecule has 3 heterocycles. The van der Waals surface area contributed by atoms with Crippen molar-refractivity contribution in [3.05, 3.63) is 86.9 Å². The number of hydrogen-bond acceptors (Lipinski definition) is 6. The molecule has 0 saturated heterocycles. The standard InChI is InChI=1S/C23H17FN4O5/c1-32-14-6-4-13(5-7-14)11-27-18-10-17(16(24)9-19(18)33-12-20(27)29)28-22(30)15-3-2-8-25-21(15)26-23(28)31/h2-10H,11-12H2,1H3,(H,25,26,31). The highest BCUT2D eigenvalue weighted by molar-refractivity contribution is 5.98. The number of rotatable bonds is 4. The summed E-state index contributed by atoms with van der Waals surface area (Å²) in [6.07, 6.45) is 1.43. The molecule has 1 aliphatic heterocycles. The van der Waals surface area contributed by atoms with Crippen LogP contribution in [0.1, 0.15) is 5.56 Å². The number of anilines is 1. The fourth-order valence-corrected chi connectivity index (χ4v) is 3.74. The number of halogens is 1. The molecule has 0 bridgehead atoms. The van der Waals surface area contributed by atoms with Gasteiger partial charge in [-0.3, -0.25) is 14.6 Å². The molecule has 33 heavy (non-hydrogen) atoms. The second-order valence-electron chi connectivity index (χ2n) is 7.36. The van der Waals surface area contributed by atoms with Gasteiger partial charge in [0, 0.05) is 12.3 Å². The summed E-state index contributed by atoms with van der Waals surface area (Å²) in [6, 6.07) is 12.5. The number of fused-ring (bicyclic) bond motifs is 2. The Labute approximate surface area is 185 Å². The highest BCUT2D eigenvalue weighted by atomic mass is 19.1. The predicted octanol–water partition coefficient (Wildman–Crippen LogP) is 2.15. The monoisotopic (exact) mass is 448 g/mol. The lowest BCUT2D eigenvalue weighted by Crippen LogP contribution is -2.39. The minimum absolute atomic E-state index is 0.0989. The molecular formula is C23H17FN4O5. The van der Waals surface area contributed by atoms with Gasteiger partial charge in [-0.15, -0.1) is 0 Å². The summed E-state index contributed by atoms with van der Waals surface area (Å²) in [5.74, 6) is -0.388. The molecule has 0 fully saturated rings. The van der Waals surface area contributed by atoms with Crippen molar-refractivity contribution in [3.8, 4) is 17.2 Å². The Hall–Kier alpha value is -4.47. The van der Waals surface area contributed by atoms with E-state index in [0.29, 0.717) is 10.3 Å². The quantitative estimate of drug-likeness (QED) is 0.513. The normalized spacial score (nSPS) is 13.0. The van der Waals surface area contributed by atoms with Crippen molar-refractivity contribution in [1.82, 2.24) is 14.5 Å². The molecule has 0 spiro atoms. The minimum Gasteiger partial charge on any atom is -0.497 e. The lowest BCUT2D eigenvalue weighted by atomic mass is 10.1. The second-order valence-corrected chi connectivity index (χ2v) is 7.36. The molecule has 1 amide bonds. The average Bonchev–Trinajstić information content (AvgIpc) is 2.82. The number of aromatic nitrogens is 3. The van der Waals surface area contributed by atoms with Crippen LogP contribution in [0, 0.1) is 5.82 Å². The highest BCUT2D eigenvalue weighted by Crippen LogP contribution is 2.36. The van der Waals surface area contributed by atoms with Crippen molar-refractivity contribution < 1.29 is 18.7 Å². The third-order valence-corrected chi connectivity index (χ3v) is 5.38. The first-order valence-corrected chi connectivity index (χ1v) is 9.96. The maximum absolute atomic E-state index is 15.0. The Morgan fingerprint density at radius 3 is 2.67 bits per heavy atom. The van der Waals surface area contributed by atoms with Crippen LogP contribution in [-0.2, 0) is 11.3 Å². The van der Waals surface area contributed by atoms with Crippen molar-refractivity contribution in [2.45, 2.75) is 6.54 Å². The van der Waals surface area contributed by atoms with Gasteiger partial charge in [0.1, 0.15) is 17.1 Å². The molecule has 0 aliphatic carbocycles. The number of H-pyrrole nitrogens is 1. The van der Waals surface area contributed by atoms with Gasteiger partial charge in [0.25, 0.3) is 11.5 Å². The van der Waals surface area contributed by atoms with E-state index >= 15 is 4.39 Å². The number of nitrogens with zero attached hydrogens (tertiary/aromatic N) is 3. The number of benzene rings is 2. The first kappa shape index (κ1) is 20.4. The van der Waals surface area contributed by atoms with E-state index < -0.39 is 17.1 Å². The second kappa shape index (κ2) is 7.90. The fourth-order valence-electron chi connectivity index (χ4n) is 3.74. The van der Waals surface area contributed by atoms with Crippen LogP contribution in [0.15, 0.2) is 64.3 Å². The maximum atomic E-state index is 15.0.